The topological polar surface area (TPSA) is 30.5 Å². The van der Waals surface area contributed by atoms with E-state index in [1.165, 1.54) is 36.8 Å². The van der Waals surface area contributed by atoms with E-state index in [0.717, 1.165) is 19.5 Å². The molecule has 1 aliphatic rings. The summed E-state index contributed by atoms with van der Waals surface area (Å²) < 4.78 is 11.5. The number of methoxy groups -OCH3 is 1. The minimum atomic E-state index is 0.356. The van der Waals surface area contributed by atoms with Gasteiger partial charge in [-0.2, -0.15) is 0 Å². The van der Waals surface area contributed by atoms with Crippen molar-refractivity contribution < 1.29 is 9.47 Å². The van der Waals surface area contributed by atoms with Gasteiger partial charge in [0.2, 0.25) is 0 Å². The Labute approximate surface area is 129 Å². The summed E-state index contributed by atoms with van der Waals surface area (Å²) >= 11 is 0. The highest BCUT2D eigenvalue weighted by molar-refractivity contribution is 5.21. The van der Waals surface area contributed by atoms with Gasteiger partial charge in [-0.05, 0) is 49.8 Å². The van der Waals surface area contributed by atoms with Gasteiger partial charge in [-0.15, -0.1) is 0 Å². The molecule has 1 aromatic carbocycles. The molecule has 0 amide bonds. The van der Waals surface area contributed by atoms with Crippen LogP contribution in [0.1, 0.15) is 50.2 Å². The number of ether oxygens (including phenoxy) is 2. The number of nitrogens with one attached hydrogen (secondary N) is 1. The minimum Gasteiger partial charge on any atom is -0.381 e. The number of hydrogen-bond acceptors (Lipinski definition) is 3. The maximum atomic E-state index is 6.04. The van der Waals surface area contributed by atoms with Crippen molar-refractivity contribution in [3.8, 4) is 0 Å². The minimum absolute atomic E-state index is 0.356. The van der Waals surface area contributed by atoms with E-state index in [1.807, 2.05) is 0 Å². The van der Waals surface area contributed by atoms with Gasteiger partial charge in [-0.25, -0.2) is 0 Å². The van der Waals surface area contributed by atoms with Crippen LogP contribution >= 0.6 is 0 Å². The molecule has 0 spiro atoms. The molecule has 0 aromatic heterocycles. The van der Waals surface area contributed by atoms with Gasteiger partial charge in [0.05, 0.1) is 18.8 Å². The van der Waals surface area contributed by atoms with Crippen LogP contribution in [0.4, 0.5) is 0 Å². The molecule has 2 atom stereocenters. The summed E-state index contributed by atoms with van der Waals surface area (Å²) in [5.74, 6) is 0. The smallest absolute Gasteiger partial charge is 0.0720 e. The third-order valence-corrected chi connectivity index (χ3v) is 4.18. The molecule has 1 N–H and O–H groups in total. The van der Waals surface area contributed by atoms with E-state index in [2.05, 4.69) is 36.5 Å². The van der Waals surface area contributed by atoms with Crippen molar-refractivity contribution in [2.45, 2.75) is 64.4 Å². The summed E-state index contributed by atoms with van der Waals surface area (Å²) in [6, 6.07) is 8.75. The highest BCUT2D eigenvalue weighted by Crippen LogP contribution is 2.23. The summed E-state index contributed by atoms with van der Waals surface area (Å²) in [5, 5.41) is 3.42. The first-order chi connectivity index (χ1) is 10.3. The monoisotopic (exact) mass is 291 g/mol. The summed E-state index contributed by atoms with van der Waals surface area (Å²) in [5.41, 5.74) is 2.60. The number of benzene rings is 1. The van der Waals surface area contributed by atoms with Gasteiger partial charge in [0.1, 0.15) is 0 Å². The first-order valence-corrected chi connectivity index (χ1v) is 8.24. The van der Waals surface area contributed by atoms with E-state index < -0.39 is 0 Å². The van der Waals surface area contributed by atoms with E-state index in [9.17, 15) is 0 Å². The van der Waals surface area contributed by atoms with Gasteiger partial charge in [-0.3, -0.25) is 0 Å². The predicted octanol–water partition coefficient (Wildman–Crippen LogP) is 3.66. The molecular weight excluding hydrogens is 262 g/mol. The third-order valence-electron chi connectivity index (χ3n) is 4.18. The van der Waals surface area contributed by atoms with Crippen molar-refractivity contribution in [3.05, 3.63) is 35.4 Å². The fraction of sp³-hybridized carbons (Fsp3) is 0.667. The maximum Gasteiger partial charge on any atom is 0.0720 e. The first kappa shape index (κ1) is 16.5. The Kier molecular flexibility index (Phi) is 7.20. The van der Waals surface area contributed by atoms with E-state index in [0.29, 0.717) is 18.8 Å². The normalized spacial score (nSPS) is 22.4. The van der Waals surface area contributed by atoms with Crippen LogP contribution in [-0.4, -0.2) is 25.9 Å². The lowest BCUT2D eigenvalue weighted by Crippen LogP contribution is -2.27. The van der Waals surface area contributed by atoms with E-state index in [4.69, 9.17) is 9.47 Å². The summed E-state index contributed by atoms with van der Waals surface area (Å²) in [4.78, 5) is 0. The second-order valence-electron chi connectivity index (χ2n) is 5.95. The molecule has 0 bridgehead atoms. The van der Waals surface area contributed by atoms with E-state index in [1.54, 1.807) is 7.11 Å². The molecular formula is C18H29NO2. The Morgan fingerprint density at radius 3 is 2.52 bits per heavy atom. The first-order valence-electron chi connectivity index (χ1n) is 8.24. The molecule has 3 heteroatoms. The molecule has 1 fully saturated rings. The molecule has 3 nitrogen and oxygen atoms in total. The molecule has 0 saturated heterocycles. The quantitative estimate of drug-likeness (QED) is 0.741. The van der Waals surface area contributed by atoms with Crippen LogP contribution in [0.5, 0.6) is 0 Å². The molecule has 21 heavy (non-hydrogen) atoms. The summed E-state index contributed by atoms with van der Waals surface area (Å²) in [6.45, 7) is 4.93. The van der Waals surface area contributed by atoms with Gasteiger partial charge >= 0.3 is 0 Å². The van der Waals surface area contributed by atoms with Crippen LogP contribution in [0.25, 0.3) is 0 Å². The van der Waals surface area contributed by atoms with Gasteiger partial charge in [0.25, 0.3) is 0 Å². The fourth-order valence-electron chi connectivity index (χ4n) is 2.84. The van der Waals surface area contributed by atoms with Crippen molar-refractivity contribution in [3.63, 3.8) is 0 Å². The zero-order valence-electron chi connectivity index (χ0n) is 13.4. The zero-order valence-corrected chi connectivity index (χ0v) is 13.4. The highest BCUT2D eigenvalue weighted by atomic mass is 16.5. The highest BCUT2D eigenvalue weighted by Gasteiger charge is 2.21. The molecule has 0 aliphatic heterocycles. The van der Waals surface area contributed by atoms with Gasteiger partial charge < -0.3 is 14.8 Å². The van der Waals surface area contributed by atoms with Gasteiger partial charge in [-0.1, -0.05) is 31.2 Å². The van der Waals surface area contributed by atoms with Crippen LogP contribution in [0, 0.1) is 0 Å². The molecule has 1 saturated carbocycles. The van der Waals surface area contributed by atoms with Crippen LogP contribution < -0.4 is 5.32 Å². The fourth-order valence-corrected chi connectivity index (χ4v) is 2.84. The molecule has 1 aliphatic carbocycles. The predicted molar refractivity (Wildman–Crippen MR) is 86.3 cm³/mol. The summed E-state index contributed by atoms with van der Waals surface area (Å²) in [7, 11) is 1.80. The number of hydrogen-bond donors (Lipinski definition) is 1. The zero-order chi connectivity index (χ0) is 14.9. The van der Waals surface area contributed by atoms with Crippen molar-refractivity contribution >= 4 is 0 Å². The van der Waals surface area contributed by atoms with Crippen LogP contribution in [-0.2, 0) is 22.6 Å². The number of rotatable bonds is 8. The Morgan fingerprint density at radius 1 is 1.10 bits per heavy atom. The Balaban J connectivity index is 1.73. The van der Waals surface area contributed by atoms with Crippen molar-refractivity contribution in [1.29, 1.82) is 0 Å². The molecule has 0 heterocycles. The lowest BCUT2D eigenvalue weighted by atomic mass is 9.95. The molecule has 2 rings (SSSR count). The molecule has 118 valence electrons. The van der Waals surface area contributed by atoms with Crippen LogP contribution in [0.3, 0.4) is 0 Å². The van der Waals surface area contributed by atoms with Crippen LogP contribution in [0.15, 0.2) is 24.3 Å². The average molecular weight is 291 g/mol. The molecule has 1 aromatic rings. The average Bonchev–Trinajstić information content (AvgIpc) is 2.54. The van der Waals surface area contributed by atoms with Crippen molar-refractivity contribution in [2.75, 3.05) is 13.7 Å². The van der Waals surface area contributed by atoms with E-state index >= 15 is 0 Å². The second-order valence-corrected chi connectivity index (χ2v) is 5.95. The maximum absolute atomic E-state index is 6.04. The Morgan fingerprint density at radius 2 is 1.81 bits per heavy atom. The van der Waals surface area contributed by atoms with Crippen LogP contribution in [0.2, 0.25) is 0 Å². The van der Waals surface area contributed by atoms with Gasteiger partial charge in [0.15, 0.2) is 0 Å². The third kappa shape index (κ3) is 5.77. The van der Waals surface area contributed by atoms with E-state index in [-0.39, 0.29) is 0 Å². The SMILES string of the molecule is CCCNCc1ccc(COC2CCCC(OC)C2)cc1. The lowest BCUT2D eigenvalue weighted by molar-refractivity contribution is -0.0363. The largest absolute Gasteiger partial charge is 0.381 e. The van der Waals surface area contributed by atoms with Crippen molar-refractivity contribution in [2.24, 2.45) is 0 Å². The standard InChI is InChI=1S/C18H29NO2/c1-3-11-19-13-15-7-9-16(10-8-15)14-21-18-6-4-5-17(12-18)20-2/h7-10,17-19H,3-6,11-14H2,1-2H3. The van der Waals surface area contributed by atoms with Crippen molar-refractivity contribution in [1.82, 2.24) is 5.32 Å². The Bertz CT molecular complexity index is 391. The second kappa shape index (κ2) is 9.19. The summed E-state index contributed by atoms with van der Waals surface area (Å²) in [6.07, 6.45) is 6.51. The lowest BCUT2D eigenvalue weighted by Gasteiger charge is -2.28. The molecule has 2 unspecified atom stereocenters. The molecule has 0 radical (unpaired) electrons. The Hall–Kier alpha value is -0.900. The van der Waals surface area contributed by atoms with Gasteiger partial charge in [0, 0.05) is 13.7 Å².